The molecule has 0 bridgehead atoms. The summed E-state index contributed by atoms with van der Waals surface area (Å²) in [6.07, 6.45) is 0.463. The Kier molecular flexibility index (Phi) is 3.27. The number of nitrogens with zero attached hydrogens (tertiary/aromatic N) is 3. The van der Waals surface area contributed by atoms with Crippen LogP contribution in [-0.4, -0.2) is 39.7 Å². The summed E-state index contributed by atoms with van der Waals surface area (Å²) in [6.45, 7) is 4.14. The largest absolute Gasteiger partial charge is 0.345 e. The van der Waals surface area contributed by atoms with Gasteiger partial charge in [-0.3, -0.25) is 9.59 Å². The van der Waals surface area contributed by atoms with Gasteiger partial charge < -0.3 is 9.47 Å². The molecule has 5 heteroatoms. The van der Waals surface area contributed by atoms with Crippen LogP contribution in [0.15, 0.2) is 24.3 Å². The van der Waals surface area contributed by atoms with Crippen molar-refractivity contribution in [1.82, 2.24) is 14.5 Å². The van der Waals surface area contributed by atoms with Crippen molar-refractivity contribution in [1.29, 1.82) is 0 Å². The molecule has 0 N–H and O–H groups in total. The quantitative estimate of drug-likeness (QED) is 0.868. The van der Waals surface area contributed by atoms with Crippen LogP contribution in [0.3, 0.4) is 0 Å². The number of aromatic nitrogens is 2. The van der Waals surface area contributed by atoms with Crippen molar-refractivity contribution in [2.24, 2.45) is 0 Å². The van der Waals surface area contributed by atoms with E-state index in [1.54, 1.807) is 11.8 Å². The highest BCUT2D eigenvalue weighted by atomic mass is 16.2. The zero-order valence-electron chi connectivity index (χ0n) is 12.5. The molecule has 0 radical (unpaired) electrons. The number of amides is 1. The lowest BCUT2D eigenvalue weighted by Crippen LogP contribution is -2.21. The summed E-state index contributed by atoms with van der Waals surface area (Å²) in [6, 6.07) is 7.54. The second-order valence-corrected chi connectivity index (χ2v) is 5.79. The van der Waals surface area contributed by atoms with Crippen LogP contribution in [0.2, 0.25) is 0 Å². The van der Waals surface area contributed by atoms with Crippen LogP contribution in [0.1, 0.15) is 38.1 Å². The third kappa shape index (κ3) is 2.22. The smallest absolute Gasteiger partial charge is 0.223 e. The number of carbonyl (C=O) groups is 2. The van der Waals surface area contributed by atoms with Crippen molar-refractivity contribution >= 4 is 22.7 Å². The molecule has 1 aliphatic rings. The number of Topliss-reactive ketones (excluding diaryl/α,β-unsaturated/α-hetero) is 1. The van der Waals surface area contributed by atoms with Crippen molar-refractivity contribution in [3.8, 4) is 0 Å². The van der Waals surface area contributed by atoms with E-state index in [0.29, 0.717) is 13.0 Å². The topological polar surface area (TPSA) is 55.2 Å². The highest BCUT2D eigenvalue weighted by molar-refractivity contribution is 5.84. The zero-order chi connectivity index (χ0) is 15.1. The lowest BCUT2D eigenvalue weighted by molar-refractivity contribution is -0.126. The monoisotopic (exact) mass is 285 g/mol. The standard InChI is InChI=1S/C16H19N3O2/c1-10(11(2)20)19-14-7-5-4-6-13(14)17-16(19)12-8-15(21)18(3)9-12/h4-7,10,12H,8-9H2,1-3H3. The lowest BCUT2D eigenvalue weighted by Gasteiger charge is -2.18. The number of fused-ring (bicyclic) bond motifs is 1. The van der Waals surface area contributed by atoms with Gasteiger partial charge >= 0.3 is 0 Å². The Morgan fingerprint density at radius 3 is 2.71 bits per heavy atom. The first-order chi connectivity index (χ1) is 9.99. The molecule has 0 saturated carbocycles. The molecule has 2 aromatic rings. The Bertz CT molecular complexity index is 719. The molecule has 2 heterocycles. The van der Waals surface area contributed by atoms with Gasteiger partial charge in [0.1, 0.15) is 5.82 Å². The first kappa shape index (κ1) is 13.8. The fourth-order valence-electron chi connectivity index (χ4n) is 2.98. The molecule has 3 rings (SSSR count). The Balaban J connectivity index is 2.15. The SMILES string of the molecule is CC(=O)C(C)n1c(C2CC(=O)N(C)C2)nc2ccccc21. The van der Waals surface area contributed by atoms with Crippen LogP contribution in [0.25, 0.3) is 11.0 Å². The van der Waals surface area contributed by atoms with Crippen LogP contribution in [0, 0.1) is 0 Å². The van der Waals surface area contributed by atoms with Gasteiger partial charge in [-0.1, -0.05) is 12.1 Å². The number of para-hydroxylation sites is 2. The van der Waals surface area contributed by atoms with Gasteiger partial charge in [-0.2, -0.15) is 0 Å². The van der Waals surface area contributed by atoms with E-state index in [1.165, 1.54) is 0 Å². The number of imidazole rings is 1. The van der Waals surface area contributed by atoms with Crippen molar-refractivity contribution in [3.63, 3.8) is 0 Å². The molecule has 1 amide bonds. The predicted octanol–water partition coefficient (Wildman–Crippen LogP) is 2.13. The van der Waals surface area contributed by atoms with Gasteiger partial charge in [-0.05, 0) is 26.0 Å². The number of likely N-dealkylation sites (N-methyl/N-ethyl adjacent to an activating group) is 1. The second-order valence-electron chi connectivity index (χ2n) is 5.79. The first-order valence-corrected chi connectivity index (χ1v) is 7.20. The summed E-state index contributed by atoms with van der Waals surface area (Å²) in [4.78, 5) is 30.1. The van der Waals surface area contributed by atoms with E-state index in [4.69, 9.17) is 4.98 Å². The van der Waals surface area contributed by atoms with Gasteiger partial charge in [0.2, 0.25) is 5.91 Å². The van der Waals surface area contributed by atoms with Crippen molar-refractivity contribution in [2.45, 2.75) is 32.2 Å². The highest BCUT2D eigenvalue weighted by Crippen LogP contribution is 2.32. The lowest BCUT2D eigenvalue weighted by atomic mass is 10.1. The normalized spacial score (nSPS) is 20.2. The minimum absolute atomic E-state index is 0.0525. The maximum atomic E-state index is 11.9. The summed E-state index contributed by atoms with van der Waals surface area (Å²) in [5, 5.41) is 0. The second kappa shape index (κ2) is 4.98. The Labute approximate surface area is 123 Å². The Morgan fingerprint density at radius 1 is 1.38 bits per heavy atom. The fraction of sp³-hybridized carbons (Fsp3) is 0.438. The molecule has 1 aromatic heterocycles. The number of benzene rings is 1. The molecule has 0 aliphatic carbocycles. The predicted molar refractivity (Wildman–Crippen MR) is 80.1 cm³/mol. The van der Waals surface area contributed by atoms with Crippen molar-refractivity contribution in [2.75, 3.05) is 13.6 Å². The van der Waals surface area contributed by atoms with Crippen LogP contribution in [-0.2, 0) is 9.59 Å². The molecule has 5 nitrogen and oxygen atoms in total. The highest BCUT2D eigenvalue weighted by Gasteiger charge is 2.33. The van der Waals surface area contributed by atoms with E-state index in [0.717, 1.165) is 16.9 Å². The summed E-state index contributed by atoms with van der Waals surface area (Å²) >= 11 is 0. The van der Waals surface area contributed by atoms with Gasteiger partial charge in [-0.15, -0.1) is 0 Å². The molecule has 1 saturated heterocycles. The van der Waals surface area contributed by atoms with Gasteiger partial charge in [0.25, 0.3) is 0 Å². The van der Waals surface area contributed by atoms with E-state index in [9.17, 15) is 9.59 Å². The van der Waals surface area contributed by atoms with E-state index in [1.807, 2.05) is 42.8 Å². The van der Waals surface area contributed by atoms with Crippen molar-refractivity contribution in [3.05, 3.63) is 30.1 Å². The van der Waals surface area contributed by atoms with Gasteiger partial charge in [0.05, 0.1) is 17.1 Å². The van der Waals surface area contributed by atoms with Gasteiger partial charge in [0, 0.05) is 25.9 Å². The Hall–Kier alpha value is -2.17. The molecule has 1 fully saturated rings. The first-order valence-electron chi connectivity index (χ1n) is 7.20. The number of hydrogen-bond acceptors (Lipinski definition) is 3. The minimum atomic E-state index is -0.270. The molecule has 110 valence electrons. The number of ketones is 1. The molecule has 21 heavy (non-hydrogen) atoms. The van der Waals surface area contributed by atoms with Gasteiger partial charge in [0.15, 0.2) is 5.78 Å². The average molecular weight is 285 g/mol. The molecule has 1 aromatic carbocycles. The minimum Gasteiger partial charge on any atom is -0.345 e. The molecular formula is C16H19N3O2. The molecule has 2 atom stereocenters. The maximum absolute atomic E-state index is 11.9. The van der Waals surface area contributed by atoms with Gasteiger partial charge in [-0.25, -0.2) is 4.98 Å². The number of rotatable bonds is 3. The Morgan fingerprint density at radius 2 is 2.10 bits per heavy atom. The van der Waals surface area contributed by atoms with Crippen molar-refractivity contribution < 1.29 is 9.59 Å². The third-order valence-electron chi connectivity index (χ3n) is 4.30. The fourth-order valence-corrected chi connectivity index (χ4v) is 2.98. The summed E-state index contributed by atoms with van der Waals surface area (Å²) < 4.78 is 1.99. The zero-order valence-corrected chi connectivity index (χ0v) is 12.5. The molecule has 2 unspecified atom stereocenters. The van der Waals surface area contributed by atoms with E-state index < -0.39 is 0 Å². The van der Waals surface area contributed by atoms with Crippen LogP contribution >= 0.6 is 0 Å². The summed E-state index contributed by atoms with van der Waals surface area (Å²) in [7, 11) is 1.81. The average Bonchev–Trinajstić information content (AvgIpc) is 2.99. The van der Waals surface area contributed by atoms with E-state index in [-0.39, 0.29) is 23.7 Å². The third-order valence-corrected chi connectivity index (χ3v) is 4.30. The number of likely N-dealkylation sites (tertiary alicyclic amines) is 1. The molecule has 0 spiro atoms. The molecular weight excluding hydrogens is 266 g/mol. The maximum Gasteiger partial charge on any atom is 0.223 e. The number of hydrogen-bond donors (Lipinski definition) is 0. The van der Waals surface area contributed by atoms with E-state index in [2.05, 4.69) is 0 Å². The van der Waals surface area contributed by atoms with Crippen LogP contribution in [0.4, 0.5) is 0 Å². The van der Waals surface area contributed by atoms with Crippen LogP contribution < -0.4 is 0 Å². The summed E-state index contributed by atoms with van der Waals surface area (Å²) in [5.41, 5.74) is 1.83. The van der Waals surface area contributed by atoms with E-state index >= 15 is 0 Å². The number of carbonyl (C=O) groups excluding carboxylic acids is 2. The molecule has 1 aliphatic heterocycles. The van der Waals surface area contributed by atoms with Crippen LogP contribution in [0.5, 0.6) is 0 Å². The summed E-state index contributed by atoms with van der Waals surface area (Å²) in [5.74, 6) is 1.12.